The average Bonchev–Trinajstić information content (AvgIpc) is 3.20. The van der Waals surface area contributed by atoms with Gasteiger partial charge in [0.1, 0.15) is 0 Å². The number of nitrogens with zero attached hydrogens (tertiary/aromatic N) is 3. The van der Waals surface area contributed by atoms with Crippen LogP contribution in [0.2, 0.25) is 0 Å². The maximum atomic E-state index is 13.2. The Morgan fingerprint density at radius 1 is 1.36 bits per heavy atom. The maximum Gasteiger partial charge on any atom is 0.246 e. The predicted molar refractivity (Wildman–Crippen MR) is 91.3 cm³/mol. The fourth-order valence-electron chi connectivity index (χ4n) is 3.78. The third kappa shape index (κ3) is 3.35. The lowest BCUT2D eigenvalue weighted by Crippen LogP contribution is -2.51. The molecule has 0 aromatic carbocycles. The summed E-state index contributed by atoms with van der Waals surface area (Å²) in [5.74, 6) is 0.953. The van der Waals surface area contributed by atoms with E-state index in [-0.39, 0.29) is 11.9 Å². The van der Waals surface area contributed by atoms with E-state index >= 15 is 0 Å². The van der Waals surface area contributed by atoms with E-state index in [0.29, 0.717) is 12.0 Å². The first-order valence-corrected chi connectivity index (χ1v) is 9.51. The molecule has 1 amide bonds. The summed E-state index contributed by atoms with van der Waals surface area (Å²) in [6, 6.07) is 0.311. The lowest BCUT2D eigenvalue weighted by molar-refractivity contribution is -0.123. The number of hydrogen-bond donors (Lipinski definition) is 0. The second kappa shape index (κ2) is 7.09. The van der Waals surface area contributed by atoms with Gasteiger partial charge in [0.25, 0.3) is 0 Å². The zero-order valence-corrected chi connectivity index (χ0v) is 14.5. The summed E-state index contributed by atoms with van der Waals surface area (Å²) < 4.78 is 0. The molecule has 2 unspecified atom stereocenters. The summed E-state index contributed by atoms with van der Waals surface area (Å²) >= 11 is 1.59. The predicted octanol–water partition coefficient (Wildman–Crippen LogP) is 3.54. The zero-order chi connectivity index (χ0) is 15.5. The average molecular weight is 321 g/mol. The fourth-order valence-corrected chi connectivity index (χ4v) is 4.50. The van der Waals surface area contributed by atoms with Crippen molar-refractivity contribution in [1.29, 1.82) is 0 Å². The van der Waals surface area contributed by atoms with Crippen molar-refractivity contribution in [2.75, 3.05) is 18.0 Å². The lowest BCUT2D eigenvalue weighted by Gasteiger charge is -2.36. The number of rotatable bonds is 4. The summed E-state index contributed by atoms with van der Waals surface area (Å²) in [6.07, 6.45) is 9.02. The van der Waals surface area contributed by atoms with Gasteiger partial charge in [-0.05, 0) is 38.6 Å². The second-order valence-electron chi connectivity index (χ2n) is 6.88. The van der Waals surface area contributed by atoms with Crippen LogP contribution in [-0.2, 0) is 4.79 Å². The summed E-state index contributed by atoms with van der Waals surface area (Å²) in [5, 5.41) is 2.86. The summed E-state index contributed by atoms with van der Waals surface area (Å²) in [4.78, 5) is 22.0. The van der Waals surface area contributed by atoms with Crippen LogP contribution in [0.5, 0.6) is 0 Å². The van der Waals surface area contributed by atoms with Crippen LogP contribution in [0, 0.1) is 5.92 Å². The molecule has 22 heavy (non-hydrogen) atoms. The smallest absolute Gasteiger partial charge is 0.246 e. The lowest BCUT2D eigenvalue weighted by atomic mass is 9.94. The highest BCUT2D eigenvalue weighted by Crippen LogP contribution is 2.30. The SMILES string of the molecule is CC1CCN(C(C)C(=O)N(c2nccs2)C2CCCCC2)C1. The molecular weight excluding hydrogens is 294 g/mol. The van der Waals surface area contributed by atoms with Gasteiger partial charge in [0, 0.05) is 24.2 Å². The highest BCUT2D eigenvalue weighted by atomic mass is 32.1. The quantitative estimate of drug-likeness (QED) is 0.851. The Morgan fingerprint density at radius 3 is 2.73 bits per heavy atom. The first-order valence-electron chi connectivity index (χ1n) is 8.63. The van der Waals surface area contributed by atoms with Gasteiger partial charge in [0.2, 0.25) is 5.91 Å². The van der Waals surface area contributed by atoms with Gasteiger partial charge in [0.15, 0.2) is 5.13 Å². The molecule has 2 heterocycles. The topological polar surface area (TPSA) is 36.4 Å². The Labute approximate surface area is 137 Å². The van der Waals surface area contributed by atoms with Gasteiger partial charge < -0.3 is 0 Å². The Hall–Kier alpha value is -0.940. The van der Waals surface area contributed by atoms with Gasteiger partial charge in [-0.3, -0.25) is 14.6 Å². The van der Waals surface area contributed by atoms with Crippen LogP contribution < -0.4 is 4.90 Å². The standard InChI is InChI=1S/C17H27N3OS/c1-13-8-10-19(12-13)14(2)16(21)20(17-18-9-11-22-17)15-6-4-3-5-7-15/h9,11,13-15H,3-8,10,12H2,1-2H3. The van der Waals surface area contributed by atoms with Gasteiger partial charge in [-0.15, -0.1) is 11.3 Å². The molecule has 0 N–H and O–H groups in total. The van der Waals surface area contributed by atoms with Gasteiger partial charge in [0.05, 0.1) is 6.04 Å². The Kier molecular flexibility index (Phi) is 5.14. The highest BCUT2D eigenvalue weighted by molar-refractivity contribution is 7.13. The maximum absolute atomic E-state index is 13.2. The first-order chi connectivity index (χ1) is 10.7. The van der Waals surface area contributed by atoms with Crippen LogP contribution in [0.1, 0.15) is 52.4 Å². The number of thiazole rings is 1. The van der Waals surface area contributed by atoms with Crippen LogP contribution in [0.15, 0.2) is 11.6 Å². The van der Waals surface area contributed by atoms with Crippen molar-refractivity contribution < 1.29 is 4.79 Å². The monoisotopic (exact) mass is 321 g/mol. The number of anilines is 1. The molecule has 2 fully saturated rings. The molecule has 1 saturated heterocycles. The summed E-state index contributed by atoms with van der Waals surface area (Å²) in [5.41, 5.74) is 0. The summed E-state index contributed by atoms with van der Waals surface area (Å²) in [7, 11) is 0. The number of amides is 1. The van der Waals surface area contributed by atoms with Crippen LogP contribution in [-0.4, -0.2) is 41.0 Å². The molecule has 2 aliphatic rings. The fraction of sp³-hybridized carbons (Fsp3) is 0.765. The zero-order valence-electron chi connectivity index (χ0n) is 13.7. The molecule has 2 atom stereocenters. The van der Waals surface area contributed by atoms with E-state index in [1.165, 1.54) is 25.7 Å². The van der Waals surface area contributed by atoms with Crippen LogP contribution >= 0.6 is 11.3 Å². The van der Waals surface area contributed by atoms with Gasteiger partial charge >= 0.3 is 0 Å². The van der Waals surface area contributed by atoms with E-state index in [2.05, 4.69) is 23.7 Å². The molecule has 1 saturated carbocycles. The van der Waals surface area contributed by atoms with Crippen LogP contribution in [0.25, 0.3) is 0 Å². The third-order valence-corrected chi connectivity index (χ3v) is 5.93. The van der Waals surface area contributed by atoms with E-state index in [1.54, 1.807) is 11.3 Å². The number of aromatic nitrogens is 1. The van der Waals surface area contributed by atoms with Gasteiger partial charge in [-0.1, -0.05) is 26.2 Å². The Balaban J connectivity index is 1.77. The van der Waals surface area contributed by atoms with Crippen molar-refractivity contribution in [3.05, 3.63) is 11.6 Å². The molecule has 4 nitrogen and oxygen atoms in total. The molecule has 122 valence electrons. The molecule has 0 bridgehead atoms. The van der Waals surface area contributed by atoms with Crippen LogP contribution in [0.3, 0.4) is 0 Å². The molecule has 1 aliphatic heterocycles. The number of carbonyl (C=O) groups excluding carboxylic acids is 1. The molecule has 1 aromatic rings. The second-order valence-corrected chi connectivity index (χ2v) is 7.75. The molecule has 3 rings (SSSR count). The molecule has 1 aliphatic carbocycles. The van der Waals surface area contributed by atoms with E-state index in [1.807, 2.05) is 16.5 Å². The number of likely N-dealkylation sites (tertiary alicyclic amines) is 1. The molecule has 5 heteroatoms. The largest absolute Gasteiger partial charge is 0.292 e. The van der Waals surface area contributed by atoms with Crippen molar-refractivity contribution in [3.63, 3.8) is 0 Å². The number of carbonyl (C=O) groups is 1. The molecular formula is C17H27N3OS. The van der Waals surface area contributed by atoms with E-state index < -0.39 is 0 Å². The van der Waals surface area contributed by atoms with E-state index in [4.69, 9.17) is 0 Å². The van der Waals surface area contributed by atoms with Crippen molar-refractivity contribution in [2.24, 2.45) is 5.92 Å². The normalized spacial score (nSPS) is 25.3. The van der Waals surface area contributed by atoms with Crippen molar-refractivity contribution in [3.8, 4) is 0 Å². The third-order valence-electron chi connectivity index (χ3n) is 5.16. The Bertz CT molecular complexity index is 484. The van der Waals surface area contributed by atoms with Crippen LogP contribution in [0.4, 0.5) is 5.13 Å². The van der Waals surface area contributed by atoms with Gasteiger partial charge in [-0.25, -0.2) is 4.98 Å². The van der Waals surface area contributed by atoms with E-state index in [9.17, 15) is 4.79 Å². The van der Waals surface area contributed by atoms with E-state index in [0.717, 1.165) is 31.1 Å². The molecule has 0 spiro atoms. The van der Waals surface area contributed by atoms with Crippen molar-refractivity contribution in [1.82, 2.24) is 9.88 Å². The summed E-state index contributed by atoms with van der Waals surface area (Å²) in [6.45, 7) is 6.44. The van der Waals surface area contributed by atoms with Crippen molar-refractivity contribution in [2.45, 2.75) is 64.5 Å². The molecule has 1 aromatic heterocycles. The van der Waals surface area contributed by atoms with Gasteiger partial charge in [-0.2, -0.15) is 0 Å². The minimum atomic E-state index is -0.0317. The minimum Gasteiger partial charge on any atom is -0.292 e. The number of hydrogen-bond acceptors (Lipinski definition) is 4. The first kappa shape index (κ1) is 15.9. The highest BCUT2D eigenvalue weighted by Gasteiger charge is 2.35. The Morgan fingerprint density at radius 2 is 2.14 bits per heavy atom. The molecule has 0 radical (unpaired) electrons. The minimum absolute atomic E-state index is 0.0317. The van der Waals surface area contributed by atoms with Crippen molar-refractivity contribution >= 4 is 22.4 Å².